The maximum absolute atomic E-state index is 13.3. The summed E-state index contributed by atoms with van der Waals surface area (Å²) in [4.78, 5) is 15.6. The van der Waals surface area contributed by atoms with Crippen molar-refractivity contribution in [1.82, 2.24) is 4.90 Å². The van der Waals surface area contributed by atoms with E-state index in [0.717, 1.165) is 19.4 Å². The minimum absolute atomic E-state index is 0.105. The van der Waals surface area contributed by atoms with Crippen LogP contribution in [0.1, 0.15) is 73.1 Å². The van der Waals surface area contributed by atoms with Crippen LogP contribution in [-0.4, -0.2) is 108 Å². The van der Waals surface area contributed by atoms with Gasteiger partial charge in [0.05, 0.1) is 23.4 Å². The number of carbonyl (C=O) groups excluding carboxylic acids is 1. The van der Waals surface area contributed by atoms with Crippen LogP contribution in [0.25, 0.3) is 0 Å². The van der Waals surface area contributed by atoms with Crippen molar-refractivity contribution in [2.45, 2.75) is 126 Å². The number of piperidine rings is 2. The second-order valence-corrected chi connectivity index (χ2v) is 15.6. The van der Waals surface area contributed by atoms with E-state index in [4.69, 9.17) is 9.47 Å². The first-order chi connectivity index (χ1) is 19.6. The summed E-state index contributed by atoms with van der Waals surface area (Å²) < 4.78 is 12.7. The van der Waals surface area contributed by atoms with Crippen LogP contribution in [0.15, 0.2) is 11.6 Å². The minimum Gasteiger partial charge on any atom is -0.453 e. The summed E-state index contributed by atoms with van der Waals surface area (Å²) in [5.74, 6) is -5.34. The molecular formula is C32H49NO9. The smallest absolute Gasteiger partial charge is 0.333 e. The molecule has 4 bridgehead atoms. The Morgan fingerprint density at radius 1 is 1.07 bits per heavy atom. The van der Waals surface area contributed by atoms with E-state index in [1.807, 2.05) is 6.92 Å². The van der Waals surface area contributed by atoms with Crippen LogP contribution in [-0.2, 0) is 14.3 Å². The fraction of sp³-hybridized carbons (Fsp3) is 0.906. The van der Waals surface area contributed by atoms with Crippen molar-refractivity contribution in [2.24, 2.45) is 40.9 Å². The first-order valence-electron chi connectivity index (χ1n) is 16.1. The van der Waals surface area contributed by atoms with E-state index in [0.29, 0.717) is 30.9 Å². The number of fused-ring (bicyclic) bond motifs is 5. The molecule has 7 fully saturated rings. The standard InChI is InChI=1S/C32H49NO9/c1-6-16(3)27(37)41-26-24(36)23-17(14-33-13-15(2)7-8-21(33)29(23,5)38)18-12-30-25(31(18,26)39)19(34)11-20-28(30,4)10-9-22(35)32(20,40)42-30/h6,15,17-26,34-36,38-40H,7-14H2,1-5H3. The lowest BCUT2D eigenvalue weighted by atomic mass is 9.49. The average molecular weight is 592 g/mol. The van der Waals surface area contributed by atoms with Gasteiger partial charge in [0.25, 0.3) is 0 Å². The van der Waals surface area contributed by atoms with Crippen molar-refractivity contribution >= 4 is 5.97 Å². The number of hydrogen-bond acceptors (Lipinski definition) is 10. The second kappa shape index (κ2) is 9.00. The third-order valence-corrected chi connectivity index (χ3v) is 13.8. The van der Waals surface area contributed by atoms with Crippen LogP contribution >= 0.6 is 0 Å². The lowest BCUT2D eigenvalue weighted by molar-refractivity contribution is -0.297. The van der Waals surface area contributed by atoms with Crippen molar-refractivity contribution in [1.29, 1.82) is 0 Å². The van der Waals surface area contributed by atoms with Gasteiger partial charge in [0.15, 0.2) is 11.9 Å². The molecule has 0 aromatic carbocycles. The third-order valence-electron chi connectivity index (χ3n) is 13.8. The zero-order chi connectivity index (χ0) is 30.4. The van der Waals surface area contributed by atoms with E-state index in [-0.39, 0.29) is 18.9 Å². The lowest BCUT2D eigenvalue weighted by Crippen LogP contribution is -2.77. The molecule has 3 aliphatic heterocycles. The van der Waals surface area contributed by atoms with Gasteiger partial charge in [-0.3, -0.25) is 4.90 Å². The van der Waals surface area contributed by atoms with Crippen LogP contribution in [0.4, 0.5) is 0 Å². The molecule has 4 aliphatic carbocycles. The Kier molecular flexibility index (Phi) is 6.34. The van der Waals surface area contributed by atoms with Crippen LogP contribution < -0.4 is 0 Å². The molecule has 7 aliphatic rings. The molecule has 0 amide bonds. The molecule has 236 valence electrons. The summed E-state index contributed by atoms with van der Waals surface area (Å²) in [6.07, 6.45) is -0.526. The van der Waals surface area contributed by atoms with Gasteiger partial charge in [-0.15, -0.1) is 0 Å². The summed E-state index contributed by atoms with van der Waals surface area (Å²) in [5, 5.41) is 72.2. The van der Waals surface area contributed by atoms with E-state index in [1.54, 1.807) is 26.8 Å². The van der Waals surface area contributed by atoms with Crippen molar-refractivity contribution in [3.63, 3.8) is 0 Å². The molecule has 0 aromatic heterocycles. The minimum atomic E-state index is -1.90. The number of hydrogen-bond donors (Lipinski definition) is 6. The maximum Gasteiger partial charge on any atom is 0.333 e. The fourth-order valence-electron chi connectivity index (χ4n) is 11.9. The summed E-state index contributed by atoms with van der Waals surface area (Å²) in [6, 6.07) is -0.184. The molecule has 16 atom stereocenters. The topological polar surface area (TPSA) is 160 Å². The maximum atomic E-state index is 13.3. The zero-order valence-electron chi connectivity index (χ0n) is 25.4. The predicted octanol–water partition coefficient (Wildman–Crippen LogP) is 0.703. The van der Waals surface area contributed by atoms with Gasteiger partial charge in [0.2, 0.25) is 0 Å². The van der Waals surface area contributed by atoms with Crippen molar-refractivity contribution < 1.29 is 44.9 Å². The molecule has 1 spiro atoms. The van der Waals surface area contributed by atoms with Crippen LogP contribution in [0, 0.1) is 40.9 Å². The Bertz CT molecular complexity index is 1190. The summed E-state index contributed by atoms with van der Waals surface area (Å²) in [7, 11) is 0. The molecule has 10 nitrogen and oxygen atoms in total. The highest BCUT2D eigenvalue weighted by Crippen LogP contribution is 2.77. The molecule has 0 aromatic rings. The molecule has 7 rings (SSSR count). The van der Waals surface area contributed by atoms with Crippen molar-refractivity contribution in [3.05, 3.63) is 11.6 Å². The van der Waals surface area contributed by atoms with Crippen molar-refractivity contribution in [3.8, 4) is 0 Å². The van der Waals surface area contributed by atoms with E-state index in [1.165, 1.54) is 0 Å². The lowest BCUT2D eigenvalue weighted by Gasteiger charge is -2.64. The van der Waals surface area contributed by atoms with Crippen LogP contribution in [0.3, 0.4) is 0 Å². The van der Waals surface area contributed by atoms with Gasteiger partial charge in [0.1, 0.15) is 11.7 Å². The Labute approximate surface area is 247 Å². The molecule has 4 saturated carbocycles. The highest BCUT2D eigenvalue weighted by atomic mass is 16.7. The summed E-state index contributed by atoms with van der Waals surface area (Å²) in [6.45, 7) is 10.6. The molecule has 3 heterocycles. The predicted molar refractivity (Wildman–Crippen MR) is 149 cm³/mol. The number of aliphatic hydroxyl groups excluding tert-OH is 3. The number of rotatable bonds is 2. The quantitative estimate of drug-likeness (QED) is 0.199. The highest BCUT2D eigenvalue weighted by molar-refractivity contribution is 5.87. The second-order valence-electron chi connectivity index (χ2n) is 15.6. The van der Waals surface area contributed by atoms with E-state index >= 15 is 0 Å². The van der Waals surface area contributed by atoms with E-state index < -0.39 is 88.0 Å². The summed E-state index contributed by atoms with van der Waals surface area (Å²) in [5.41, 5.74) is -4.82. The first-order valence-corrected chi connectivity index (χ1v) is 16.1. The molecule has 10 heteroatoms. The van der Waals surface area contributed by atoms with Gasteiger partial charge in [-0.1, -0.05) is 19.9 Å². The Balaban J connectivity index is 1.40. The number of nitrogens with zero attached hydrogens (tertiary/aromatic N) is 1. The first kappa shape index (κ1) is 29.6. The molecule has 3 saturated heterocycles. The molecular weight excluding hydrogens is 542 g/mol. The van der Waals surface area contributed by atoms with Gasteiger partial charge in [0, 0.05) is 47.9 Å². The third kappa shape index (κ3) is 3.31. The van der Waals surface area contributed by atoms with Crippen molar-refractivity contribution in [2.75, 3.05) is 13.1 Å². The number of allylic oxidation sites excluding steroid dienone is 1. The Hall–Kier alpha value is -1.11. The Morgan fingerprint density at radius 3 is 2.48 bits per heavy atom. The van der Waals surface area contributed by atoms with Gasteiger partial charge in [-0.2, -0.15) is 0 Å². The normalized spacial score (nSPS) is 60.3. The number of carbonyl (C=O) groups is 1. The highest BCUT2D eigenvalue weighted by Gasteiger charge is 2.86. The molecule has 0 radical (unpaired) electrons. The molecule has 42 heavy (non-hydrogen) atoms. The summed E-state index contributed by atoms with van der Waals surface area (Å²) >= 11 is 0. The van der Waals surface area contributed by atoms with Gasteiger partial charge in [-0.05, 0) is 77.0 Å². The van der Waals surface area contributed by atoms with Gasteiger partial charge < -0.3 is 40.1 Å². The van der Waals surface area contributed by atoms with Crippen LogP contribution in [0.5, 0.6) is 0 Å². The Morgan fingerprint density at radius 2 is 1.79 bits per heavy atom. The van der Waals surface area contributed by atoms with Crippen LogP contribution in [0.2, 0.25) is 0 Å². The number of aliphatic hydroxyl groups is 6. The van der Waals surface area contributed by atoms with E-state index in [9.17, 15) is 35.4 Å². The average Bonchev–Trinajstić information content (AvgIpc) is 3.21. The number of esters is 1. The molecule has 16 unspecified atom stereocenters. The zero-order valence-corrected chi connectivity index (χ0v) is 25.4. The number of ether oxygens (including phenoxy) is 2. The van der Waals surface area contributed by atoms with Gasteiger partial charge >= 0.3 is 5.97 Å². The van der Waals surface area contributed by atoms with E-state index in [2.05, 4.69) is 11.8 Å². The van der Waals surface area contributed by atoms with Gasteiger partial charge in [-0.25, -0.2) is 4.79 Å². The fourth-order valence-corrected chi connectivity index (χ4v) is 11.9. The molecule has 6 N–H and O–H groups in total. The largest absolute Gasteiger partial charge is 0.453 e. The monoisotopic (exact) mass is 591 g/mol. The SMILES string of the molecule is CC=C(C)C(=O)OC1C(O)C2C(CN3CC(C)CCC3C2(C)O)C2CC34OC5(O)C(O)CCC3(C)C5CC(O)C4C21O.